The highest BCUT2D eigenvalue weighted by atomic mass is 16.5. The van der Waals surface area contributed by atoms with E-state index in [0.29, 0.717) is 23.7 Å². The molecule has 0 aliphatic heterocycles. The largest absolute Gasteiger partial charge is 0.494 e. The first kappa shape index (κ1) is 20.1. The van der Waals surface area contributed by atoms with Gasteiger partial charge in [0.1, 0.15) is 17.1 Å². The van der Waals surface area contributed by atoms with E-state index in [1.807, 2.05) is 38.1 Å². The highest BCUT2D eigenvalue weighted by Gasteiger charge is 2.07. The van der Waals surface area contributed by atoms with E-state index in [0.717, 1.165) is 22.3 Å². The second-order valence-corrected chi connectivity index (χ2v) is 6.38. The van der Waals surface area contributed by atoms with Crippen LogP contribution in [0.1, 0.15) is 25.0 Å². The van der Waals surface area contributed by atoms with Crippen molar-refractivity contribution in [1.29, 1.82) is 0 Å². The van der Waals surface area contributed by atoms with Gasteiger partial charge in [-0.3, -0.25) is 4.79 Å². The molecule has 0 radical (unpaired) electrons. The number of aryl methyl sites for hydroxylation is 1. The van der Waals surface area contributed by atoms with E-state index < -0.39 is 11.5 Å². The van der Waals surface area contributed by atoms with E-state index in [-0.39, 0.29) is 6.61 Å². The fourth-order valence-electron chi connectivity index (χ4n) is 2.75. The molecule has 150 valence electrons. The lowest BCUT2D eigenvalue weighted by molar-refractivity contribution is -0.123. The minimum Gasteiger partial charge on any atom is -0.494 e. The fourth-order valence-corrected chi connectivity index (χ4v) is 2.75. The van der Waals surface area contributed by atoms with Crippen LogP contribution in [0.2, 0.25) is 0 Å². The normalized spacial score (nSPS) is 11.3. The van der Waals surface area contributed by atoms with Gasteiger partial charge in [-0.2, -0.15) is 5.10 Å². The van der Waals surface area contributed by atoms with Gasteiger partial charge in [0.05, 0.1) is 12.3 Å². The molecule has 0 spiro atoms. The van der Waals surface area contributed by atoms with Gasteiger partial charge in [-0.1, -0.05) is 0 Å². The number of rotatable bonds is 7. The Labute approximate surface area is 167 Å². The summed E-state index contributed by atoms with van der Waals surface area (Å²) in [7, 11) is 0. The number of hydrazone groups is 1. The van der Waals surface area contributed by atoms with Gasteiger partial charge in [0.15, 0.2) is 6.61 Å². The number of fused-ring (bicyclic) bond motifs is 1. The van der Waals surface area contributed by atoms with Gasteiger partial charge in [-0.25, -0.2) is 10.2 Å². The van der Waals surface area contributed by atoms with Crippen molar-refractivity contribution in [3.63, 3.8) is 0 Å². The van der Waals surface area contributed by atoms with E-state index in [2.05, 4.69) is 10.5 Å². The van der Waals surface area contributed by atoms with Gasteiger partial charge in [0.25, 0.3) is 5.91 Å². The highest BCUT2D eigenvalue weighted by Crippen LogP contribution is 2.22. The number of nitrogens with zero attached hydrogens (tertiary/aromatic N) is 1. The number of carbonyl (C=O) groups excluding carboxylic acids is 1. The zero-order valence-corrected chi connectivity index (χ0v) is 16.5. The maximum absolute atomic E-state index is 12.0. The second-order valence-electron chi connectivity index (χ2n) is 6.38. The summed E-state index contributed by atoms with van der Waals surface area (Å²) in [5, 5.41) is 4.91. The topological polar surface area (TPSA) is 90.1 Å². The molecule has 1 N–H and O–H groups in total. The zero-order valence-electron chi connectivity index (χ0n) is 16.5. The van der Waals surface area contributed by atoms with Crippen molar-refractivity contribution >= 4 is 22.6 Å². The average Bonchev–Trinajstić information content (AvgIpc) is 2.71. The van der Waals surface area contributed by atoms with Crippen molar-refractivity contribution in [3.8, 4) is 11.5 Å². The monoisotopic (exact) mass is 394 g/mol. The van der Waals surface area contributed by atoms with Gasteiger partial charge < -0.3 is 13.9 Å². The number of ether oxygens (including phenoxy) is 2. The van der Waals surface area contributed by atoms with Gasteiger partial charge in [-0.15, -0.1) is 0 Å². The Hall–Kier alpha value is -3.61. The summed E-state index contributed by atoms with van der Waals surface area (Å²) in [6, 6.07) is 14.0. The van der Waals surface area contributed by atoms with Gasteiger partial charge in [-0.05, 0) is 68.3 Å². The van der Waals surface area contributed by atoms with Gasteiger partial charge in [0.2, 0.25) is 0 Å². The van der Waals surface area contributed by atoms with Crippen LogP contribution in [0.3, 0.4) is 0 Å². The third-order valence-electron chi connectivity index (χ3n) is 4.22. The quantitative estimate of drug-likeness (QED) is 0.377. The predicted molar refractivity (Wildman–Crippen MR) is 111 cm³/mol. The van der Waals surface area contributed by atoms with E-state index in [1.54, 1.807) is 25.1 Å². The minimum atomic E-state index is -0.427. The average molecular weight is 394 g/mol. The van der Waals surface area contributed by atoms with Crippen LogP contribution in [0.15, 0.2) is 62.8 Å². The Morgan fingerprint density at radius 2 is 1.79 bits per heavy atom. The smallest absolute Gasteiger partial charge is 0.336 e. The van der Waals surface area contributed by atoms with Crippen molar-refractivity contribution in [2.75, 3.05) is 13.2 Å². The zero-order chi connectivity index (χ0) is 20.8. The molecule has 1 amide bonds. The third-order valence-corrected chi connectivity index (χ3v) is 4.22. The molecule has 0 saturated carbocycles. The second kappa shape index (κ2) is 9.05. The Bertz CT molecular complexity index is 1100. The first-order valence-corrected chi connectivity index (χ1v) is 9.20. The maximum atomic E-state index is 12.0. The molecule has 0 unspecified atom stereocenters. The van der Waals surface area contributed by atoms with Crippen LogP contribution < -0.4 is 20.5 Å². The Morgan fingerprint density at radius 3 is 2.52 bits per heavy atom. The summed E-state index contributed by atoms with van der Waals surface area (Å²) in [6.45, 7) is 5.93. The molecule has 7 nitrogen and oxygen atoms in total. The van der Waals surface area contributed by atoms with Gasteiger partial charge in [0, 0.05) is 17.5 Å². The van der Waals surface area contributed by atoms with Crippen molar-refractivity contribution in [3.05, 3.63) is 70.1 Å². The molecule has 0 fully saturated rings. The van der Waals surface area contributed by atoms with Crippen LogP contribution in [0.4, 0.5) is 0 Å². The lowest BCUT2D eigenvalue weighted by Gasteiger charge is -2.08. The maximum Gasteiger partial charge on any atom is 0.336 e. The number of benzene rings is 2. The van der Waals surface area contributed by atoms with E-state index >= 15 is 0 Å². The molecule has 3 aromatic rings. The van der Waals surface area contributed by atoms with Crippen LogP contribution >= 0.6 is 0 Å². The molecule has 0 aliphatic carbocycles. The number of hydrogen-bond donors (Lipinski definition) is 1. The molecule has 0 atom stereocenters. The lowest BCUT2D eigenvalue weighted by Crippen LogP contribution is -2.25. The summed E-state index contributed by atoms with van der Waals surface area (Å²) in [5.41, 5.74) is 4.80. The predicted octanol–water partition coefficient (Wildman–Crippen LogP) is 3.42. The number of nitrogens with one attached hydrogen (secondary N) is 1. The van der Waals surface area contributed by atoms with Crippen molar-refractivity contribution in [2.24, 2.45) is 5.10 Å². The van der Waals surface area contributed by atoms with Crippen LogP contribution in [0.25, 0.3) is 11.0 Å². The summed E-state index contributed by atoms with van der Waals surface area (Å²) in [6.07, 6.45) is 0. The van der Waals surface area contributed by atoms with Crippen LogP contribution in [0.5, 0.6) is 11.5 Å². The fraction of sp³-hybridized carbons (Fsp3) is 0.227. The molecule has 7 heteroatoms. The summed E-state index contributed by atoms with van der Waals surface area (Å²) >= 11 is 0. The molecule has 3 rings (SSSR count). The van der Waals surface area contributed by atoms with Crippen LogP contribution in [-0.4, -0.2) is 24.8 Å². The summed E-state index contributed by atoms with van der Waals surface area (Å²) in [5.74, 6) is 0.803. The molecular weight excluding hydrogens is 372 g/mol. The van der Waals surface area contributed by atoms with Crippen LogP contribution in [-0.2, 0) is 4.79 Å². The molecule has 0 saturated heterocycles. The first-order chi connectivity index (χ1) is 14.0. The third kappa shape index (κ3) is 5.22. The molecule has 1 heterocycles. The summed E-state index contributed by atoms with van der Waals surface area (Å²) < 4.78 is 16.1. The SMILES string of the molecule is CCOc1ccc(/C(C)=N\NC(=O)COc2ccc3c(C)cc(=O)oc3c2)cc1. The Morgan fingerprint density at radius 1 is 1.07 bits per heavy atom. The van der Waals surface area contributed by atoms with Crippen molar-refractivity contribution < 1.29 is 18.7 Å². The minimum absolute atomic E-state index is 0.221. The van der Waals surface area contributed by atoms with E-state index in [4.69, 9.17) is 13.9 Å². The van der Waals surface area contributed by atoms with Crippen molar-refractivity contribution in [1.82, 2.24) is 5.43 Å². The molecule has 29 heavy (non-hydrogen) atoms. The first-order valence-electron chi connectivity index (χ1n) is 9.20. The lowest BCUT2D eigenvalue weighted by atomic mass is 10.1. The molecule has 0 bridgehead atoms. The van der Waals surface area contributed by atoms with E-state index in [1.165, 1.54) is 6.07 Å². The van der Waals surface area contributed by atoms with Crippen molar-refractivity contribution in [2.45, 2.75) is 20.8 Å². The summed E-state index contributed by atoms with van der Waals surface area (Å²) in [4.78, 5) is 23.5. The molecule has 0 aliphatic rings. The Kier molecular flexibility index (Phi) is 6.29. The number of amides is 1. The highest BCUT2D eigenvalue weighted by molar-refractivity contribution is 5.99. The van der Waals surface area contributed by atoms with Crippen LogP contribution in [0, 0.1) is 6.92 Å². The standard InChI is InChI=1S/C22H22N2O5/c1-4-27-17-7-5-16(6-8-17)15(3)23-24-21(25)13-28-18-9-10-19-14(2)11-22(26)29-20(19)12-18/h5-12H,4,13H2,1-3H3,(H,24,25)/b23-15-. The number of hydrogen-bond acceptors (Lipinski definition) is 6. The molecular formula is C22H22N2O5. The molecule has 1 aromatic heterocycles. The Balaban J connectivity index is 1.58. The molecule has 2 aromatic carbocycles. The van der Waals surface area contributed by atoms with E-state index in [9.17, 15) is 9.59 Å². The van der Waals surface area contributed by atoms with Gasteiger partial charge >= 0.3 is 5.63 Å². The number of carbonyl (C=O) groups is 1.